The number of ether oxygens (including phenoxy) is 2. The topological polar surface area (TPSA) is 35.5 Å². The van der Waals surface area contributed by atoms with Gasteiger partial charge in [-0.3, -0.25) is 0 Å². The predicted octanol–water partition coefficient (Wildman–Crippen LogP) is 2.39. The fourth-order valence-electron chi connectivity index (χ4n) is 0.639. The molecule has 3 nitrogen and oxygen atoms in total. The molecule has 0 aromatic heterocycles. The van der Waals surface area contributed by atoms with Gasteiger partial charge in [0, 0.05) is 18.9 Å². The molecule has 0 heterocycles. The first-order valence-corrected chi connectivity index (χ1v) is 4.12. The average Bonchev–Trinajstić information content (AvgIpc) is 2.04. The number of esters is 1. The molecular weight excluding hydrogens is 168 g/mol. The van der Waals surface area contributed by atoms with Crippen LogP contribution in [0.15, 0.2) is 25.0 Å². The molecule has 0 aliphatic rings. The van der Waals surface area contributed by atoms with E-state index >= 15 is 0 Å². The van der Waals surface area contributed by atoms with Crippen molar-refractivity contribution in [1.82, 2.24) is 0 Å². The van der Waals surface area contributed by atoms with E-state index in [-0.39, 0.29) is 0 Å². The summed E-state index contributed by atoms with van der Waals surface area (Å²) in [7, 11) is 0. The van der Waals surface area contributed by atoms with Crippen molar-refractivity contribution >= 4 is 5.97 Å². The minimum Gasteiger partial charge on any atom is -0.461 e. The monoisotopic (exact) mass is 184 g/mol. The van der Waals surface area contributed by atoms with E-state index in [1.54, 1.807) is 13.8 Å². The quantitative estimate of drug-likeness (QED) is 0.285. The summed E-state index contributed by atoms with van der Waals surface area (Å²) >= 11 is 0. The van der Waals surface area contributed by atoms with Crippen LogP contribution in [-0.4, -0.2) is 11.8 Å². The summed E-state index contributed by atoms with van der Waals surface area (Å²) in [5.74, 6) is -1.39. The molecule has 0 aliphatic carbocycles. The lowest BCUT2D eigenvalue weighted by atomic mass is 10.2. The van der Waals surface area contributed by atoms with E-state index in [0.717, 1.165) is 0 Å². The highest BCUT2D eigenvalue weighted by Gasteiger charge is 2.27. The van der Waals surface area contributed by atoms with E-state index in [1.165, 1.54) is 6.26 Å². The summed E-state index contributed by atoms with van der Waals surface area (Å²) in [4.78, 5) is 11.2. The third kappa shape index (κ3) is 3.78. The Balaban J connectivity index is 4.34. The molecule has 1 unspecified atom stereocenters. The van der Waals surface area contributed by atoms with E-state index < -0.39 is 11.8 Å². The third-order valence-electron chi connectivity index (χ3n) is 1.63. The zero-order valence-corrected chi connectivity index (χ0v) is 8.42. The summed E-state index contributed by atoms with van der Waals surface area (Å²) in [6.07, 6.45) is 1.81. The first-order valence-electron chi connectivity index (χ1n) is 4.12. The normalized spacial score (nSPS) is 14.1. The molecule has 0 saturated carbocycles. The van der Waals surface area contributed by atoms with Crippen molar-refractivity contribution in [3.05, 3.63) is 25.0 Å². The fourth-order valence-corrected chi connectivity index (χ4v) is 0.639. The molecular formula is C10H16O3. The Morgan fingerprint density at radius 3 is 2.46 bits per heavy atom. The first kappa shape index (κ1) is 11.8. The van der Waals surface area contributed by atoms with E-state index in [2.05, 4.69) is 13.2 Å². The van der Waals surface area contributed by atoms with Crippen LogP contribution in [0, 0.1) is 0 Å². The van der Waals surface area contributed by atoms with Crippen molar-refractivity contribution in [2.45, 2.75) is 33.0 Å². The van der Waals surface area contributed by atoms with Crippen LogP contribution in [0.3, 0.4) is 0 Å². The number of carbonyl (C=O) groups is 1. The van der Waals surface area contributed by atoms with Crippen molar-refractivity contribution < 1.29 is 14.3 Å². The standard InChI is InChI=1S/C10H16O3/c1-6-10(5,12-7-2)13-9(11)8(3)4/h7H,2-3,6H2,1,4-5H3. The van der Waals surface area contributed by atoms with Crippen LogP contribution in [-0.2, 0) is 14.3 Å². The Kier molecular flexibility index (Phi) is 4.25. The number of carbonyl (C=O) groups excluding carboxylic acids is 1. The first-order chi connectivity index (χ1) is 5.95. The Labute approximate surface area is 79.0 Å². The van der Waals surface area contributed by atoms with Crippen LogP contribution in [0.25, 0.3) is 0 Å². The van der Waals surface area contributed by atoms with E-state index in [9.17, 15) is 4.79 Å². The van der Waals surface area contributed by atoms with Gasteiger partial charge in [0.25, 0.3) is 5.79 Å². The maximum absolute atomic E-state index is 11.2. The largest absolute Gasteiger partial charge is 0.461 e. The Bertz CT molecular complexity index is 220. The van der Waals surface area contributed by atoms with Gasteiger partial charge in [-0.15, -0.1) is 0 Å². The fraction of sp³-hybridized carbons (Fsp3) is 0.500. The van der Waals surface area contributed by atoms with Crippen molar-refractivity contribution in [2.24, 2.45) is 0 Å². The lowest BCUT2D eigenvalue weighted by Gasteiger charge is -2.27. The van der Waals surface area contributed by atoms with Gasteiger partial charge in [-0.05, 0) is 6.92 Å². The maximum atomic E-state index is 11.2. The third-order valence-corrected chi connectivity index (χ3v) is 1.63. The van der Waals surface area contributed by atoms with Gasteiger partial charge in [0.1, 0.15) is 0 Å². The van der Waals surface area contributed by atoms with Gasteiger partial charge >= 0.3 is 5.97 Å². The molecule has 3 heteroatoms. The minimum atomic E-state index is -0.933. The molecule has 0 N–H and O–H groups in total. The van der Waals surface area contributed by atoms with Crippen LogP contribution < -0.4 is 0 Å². The molecule has 0 aromatic rings. The van der Waals surface area contributed by atoms with Gasteiger partial charge < -0.3 is 9.47 Å². The van der Waals surface area contributed by atoms with Crippen LogP contribution >= 0.6 is 0 Å². The molecule has 0 aromatic carbocycles. The second-order valence-electron chi connectivity index (χ2n) is 2.94. The molecule has 0 radical (unpaired) electrons. The second-order valence-corrected chi connectivity index (χ2v) is 2.94. The molecule has 0 bridgehead atoms. The maximum Gasteiger partial charge on any atom is 0.336 e. The smallest absolute Gasteiger partial charge is 0.336 e. The lowest BCUT2D eigenvalue weighted by molar-refractivity contribution is -0.201. The SMILES string of the molecule is C=COC(C)(CC)OC(=O)C(=C)C. The lowest BCUT2D eigenvalue weighted by Crippen LogP contribution is -2.32. The molecule has 74 valence electrons. The van der Waals surface area contributed by atoms with Gasteiger partial charge in [-0.1, -0.05) is 20.1 Å². The number of hydrogen-bond acceptors (Lipinski definition) is 3. The van der Waals surface area contributed by atoms with Gasteiger partial charge in [0.05, 0.1) is 6.26 Å². The van der Waals surface area contributed by atoms with Crippen molar-refractivity contribution in [3.63, 3.8) is 0 Å². The van der Waals surface area contributed by atoms with Gasteiger partial charge in [-0.25, -0.2) is 4.79 Å². The van der Waals surface area contributed by atoms with Crippen molar-refractivity contribution in [1.29, 1.82) is 0 Å². The Hall–Kier alpha value is -1.25. The van der Waals surface area contributed by atoms with Crippen molar-refractivity contribution in [2.75, 3.05) is 0 Å². The van der Waals surface area contributed by atoms with E-state index in [1.807, 2.05) is 6.92 Å². The zero-order chi connectivity index (χ0) is 10.5. The van der Waals surface area contributed by atoms with Crippen molar-refractivity contribution in [3.8, 4) is 0 Å². The summed E-state index contributed by atoms with van der Waals surface area (Å²) in [5, 5.41) is 0. The highest BCUT2D eigenvalue weighted by molar-refractivity contribution is 5.87. The Morgan fingerprint density at radius 1 is 1.62 bits per heavy atom. The highest BCUT2D eigenvalue weighted by Crippen LogP contribution is 2.18. The summed E-state index contributed by atoms with van der Waals surface area (Å²) in [6, 6.07) is 0. The summed E-state index contributed by atoms with van der Waals surface area (Å²) < 4.78 is 10.1. The van der Waals surface area contributed by atoms with Crippen LogP contribution in [0.5, 0.6) is 0 Å². The van der Waals surface area contributed by atoms with E-state index in [4.69, 9.17) is 9.47 Å². The Morgan fingerprint density at radius 2 is 2.15 bits per heavy atom. The highest BCUT2D eigenvalue weighted by atomic mass is 16.7. The van der Waals surface area contributed by atoms with Gasteiger partial charge in [-0.2, -0.15) is 0 Å². The number of rotatable bonds is 5. The van der Waals surface area contributed by atoms with Crippen LogP contribution in [0.1, 0.15) is 27.2 Å². The molecule has 0 saturated heterocycles. The molecule has 0 aliphatic heterocycles. The second kappa shape index (κ2) is 4.70. The van der Waals surface area contributed by atoms with E-state index in [0.29, 0.717) is 12.0 Å². The summed E-state index contributed by atoms with van der Waals surface area (Å²) in [5.41, 5.74) is 0.354. The molecule has 0 rings (SSSR count). The van der Waals surface area contributed by atoms with Gasteiger partial charge in [0.15, 0.2) is 0 Å². The molecule has 1 atom stereocenters. The summed E-state index contributed by atoms with van der Waals surface area (Å²) in [6.45, 7) is 12.0. The average molecular weight is 184 g/mol. The zero-order valence-electron chi connectivity index (χ0n) is 8.42. The molecule has 0 fully saturated rings. The van der Waals surface area contributed by atoms with Crippen LogP contribution in [0.2, 0.25) is 0 Å². The number of hydrogen-bond donors (Lipinski definition) is 0. The molecule has 13 heavy (non-hydrogen) atoms. The predicted molar refractivity (Wildman–Crippen MR) is 50.9 cm³/mol. The minimum absolute atomic E-state index is 0.354. The molecule has 0 spiro atoms. The van der Waals surface area contributed by atoms with Gasteiger partial charge in [0.2, 0.25) is 0 Å². The van der Waals surface area contributed by atoms with Crippen LogP contribution in [0.4, 0.5) is 0 Å². The molecule has 0 amide bonds.